The number of morpholine rings is 1. The topological polar surface area (TPSA) is 82.2 Å². The Morgan fingerprint density at radius 2 is 1.75 bits per heavy atom. The first-order valence-corrected chi connectivity index (χ1v) is 11.5. The van der Waals surface area contributed by atoms with Crippen LogP contribution in [0.25, 0.3) is 0 Å². The Kier molecular flexibility index (Phi) is 7.77. The van der Waals surface area contributed by atoms with Crippen LogP contribution < -0.4 is 10.2 Å². The maximum Gasteiger partial charge on any atom is 0.245 e. The van der Waals surface area contributed by atoms with E-state index in [-0.39, 0.29) is 24.3 Å². The molecule has 8 nitrogen and oxygen atoms in total. The molecule has 0 spiro atoms. The van der Waals surface area contributed by atoms with Crippen molar-refractivity contribution in [3.8, 4) is 0 Å². The lowest BCUT2D eigenvalue weighted by Crippen LogP contribution is -2.51. The molecule has 1 N–H and O–H groups in total. The van der Waals surface area contributed by atoms with Gasteiger partial charge >= 0.3 is 0 Å². The van der Waals surface area contributed by atoms with Gasteiger partial charge in [-0.3, -0.25) is 14.4 Å². The van der Waals surface area contributed by atoms with Crippen molar-refractivity contribution in [2.24, 2.45) is 5.41 Å². The third-order valence-corrected chi connectivity index (χ3v) is 6.00. The first kappa shape index (κ1) is 24.0. The van der Waals surface area contributed by atoms with Crippen LogP contribution in [0.15, 0.2) is 24.3 Å². The Bertz CT molecular complexity index is 812. The van der Waals surface area contributed by atoms with Crippen molar-refractivity contribution >= 4 is 29.1 Å². The zero-order valence-electron chi connectivity index (χ0n) is 19.7. The van der Waals surface area contributed by atoms with E-state index in [1.54, 1.807) is 4.90 Å². The molecule has 1 aromatic rings. The first-order chi connectivity index (χ1) is 15.2. The monoisotopic (exact) mass is 444 g/mol. The van der Waals surface area contributed by atoms with Crippen LogP contribution in [-0.4, -0.2) is 79.5 Å². The summed E-state index contributed by atoms with van der Waals surface area (Å²) in [6.45, 7) is 11.6. The van der Waals surface area contributed by atoms with Crippen LogP contribution in [0.3, 0.4) is 0 Å². The summed E-state index contributed by atoms with van der Waals surface area (Å²) in [6, 6.07) is 7.24. The van der Waals surface area contributed by atoms with Crippen LogP contribution in [0.4, 0.5) is 11.4 Å². The zero-order chi connectivity index (χ0) is 23.3. The van der Waals surface area contributed by atoms with Gasteiger partial charge in [0.05, 0.1) is 19.8 Å². The predicted octanol–water partition coefficient (Wildman–Crippen LogP) is 2.35. The molecule has 0 saturated carbocycles. The SMILES string of the molecule is CCN(CC(=O)Nc1ccc(N2CCOCC2)cc1)C(=O)C1CCCN1C(=O)C(C)(C)C. The van der Waals surface area contributed by atoms with Gasteiger partial charge in [-0.25, -0.2) is 0 Å². The zero-order valence-corrected chi connectivity index (χ0v) is 19.7. The standard InChI is InChI=1S/C24H36N4O4/c1-5-26(22(30)20-7-6-12-28(20)23(31)24(2,3)4)17-21(29)25-18-8-10-19(11-9-18)27-13-15-32-16-14-27/h8-11,20H,5-7,12-17H2,1-4H3,(H,25,29). The average molecular weight is 445 g/mol. The van der Waals surface area contributed by atoms with E-state index >= 15 is 0 Å². The Hall–Kier alpha value is -2.61. The number of carbonyl (C=O) groups is 3. The summed E-state index contributed by atoms with van der Waals surface area (Å²) >= 11 is 0. The number of amides is 3. The normalized spacial score (nSPS) is 19.1. The first-order valence-electron chi connectivity index (χ1n) is 11.5. The molecular weight excluding hydrogens is 408 g/mol. The minimum absolute atomic E-state index is 0.0192. The minimum atomic E-state index is -0.537. The largest absolute Gasteiger partial charge is 0.378 e. The molecule has 2 fully saturated rings. The van der Waals surface area contributed by atoms with E-state index in [2.05, 4.69) is 10.2 Å². The lowest BCUT2D eigenvalue weighted by atomic mass is 9.94. The minimum Gasteiger partial charge on any atom is -0.378 e. The second-order valence-corrected chi connectivity index (χ2v) is 9.45. The number of nitrogens with one attached hydrogen (secondary N) is 1. The fourth-order valence-corrected chi connectivity index (χ4v) is 4.20. The molecule has 2 heterocycles. The molecule has 2 aliphatic heterocycles. The van der Waals surface area contributed by atoms with Gasteiger partial charge in [-0.1, -0.05) is 20.8 Å². The molecule has 176 valence electrons. The summed E-state index contributed by atoms with van der Waals surface area (Å²) in [7, 11) is 0. The van der Waals surface area contributed by atoms with Gasteiger partial charge in [0, 0.05) is 43.0 Å². The number of likely N-dealkylation sites (tertiary alicyclic amines) is 1. The van der Waals surface area contributed by atoms with Gasteiger partial charge in [0.2, 0.25) is 17.7 Å². The Morgan fingerprint density at radius 3 is 2.34 bits per heavy atom. The predicted molar refractivity (Wildman–Crippen MR) is 125 cm³/mol. The van der Waals surface area contributed by atoms with Crippen LogP contribution in [0, 0.1) is 5.41 Å². The maximum atomic E-state index is 13.2. The van der Waals surface area contributed by atoms with Crippen molar-refractivity contribution < 1.29 is 19.1 Å². The molecule has 2 saturated heterocycles. The smallest absolute Gasteiger partial charge is 0.245 e. The highest BCUT2D eigenvalue weighted by Crippen LogP contribution is 2.26. The summed E-state index contributed by atoms with van der Waals surface area (Å²) in [4.78, 5) is 44.1. The van der Waals surface area contributed by atoms with Gasteiger partial charge in [0.25, 0.3) is 0 Å². The average Bonchev–Trinajstić information content (AvgIpc) is 3.26. The van der Waals surface area contributed by atoms with E-state index in [9.17, 15) is 14.4 Å². The van der Waals surface area contributed by atoms with Crippen LogP contribution in [0.5, 0.6) is 0 Å². The Morgan fingerprint density at radius 1 is 1.09 bits per heavy atom. The number of hydrogen-bond donors (Lipinski definition) is 1. The molecule has 8 heteroatoms. The highest BCUT2D eigenvalue weighted by Gasteiger charge is 2.40. The highest BCUT2D eigenvalue weighted by molar-refractivity contribution is 5.96. The van der Waals surface area contributed by atoms with E-state index in [0.29, 0.717) is 25.2 Å². The van der Waals surface area contributed by atoms with Crippen LogP contribution in [0.2, 0.25) is 0 Å². The van der Waals surface area contributed by atoms with Crippen molar-refractivity contribution in [3.05, 3.63) is 24.3 Å². The summed E-state index contributed by atoms with van der Waals surface area (Å²) in [5, 5.41) is 2.88. The van der Waals surface area contributed by atoms with Crippen LogP contribution >= 0.6 is 0 Å². The Balaban J connectivity index is 1.58. The summed E-state index contributed by atoms with van der Waals surface area (Å²) < 4.78 is 5.38. The molecule has 0 aromatic heterocycles. The van der Waals surface area contributed by atoms with E-state index in [4.69, 9.17) is 4.74 Å². The molecule has 1 unspecified atom stereocenters. The van der Waals surface area contributed by atoms with Gasteiger partial charge in [-0.15, -0.1) is 0 Å². The second-order valence-electron chi connectivity index (χ2n) is 9.45. The van der Waals surface area contributed by atoms with E-state index in [1.165, 1.54) is 4.90 Å². The fraction of sp³-hybridized carbons (Fsp3) is 0.625. The molecule has 2 aliphatic rings. The number of benzene rings is 1. The van der Waals surface area contributed by atoms with Crippen LogP contribution in [0.1, 0.15) is 40.5 Å². The van der Waals surface area contributed by atoms with Gasteiger partial charge in [0.15, 0.2) is 0 Å². The molecule has 1 aromatic carbocycles. The van der Waals surface area contributed by atoms with Crippen LogP contribution in [-0.2, 0) is 19.1 Å². The lowest BCUT2D eigenvalue weighted by Gasteiger charge is -2.33. The molecule has 0 radical (unpaired) electrons. The summed E-state index contributed by atoms with van der Waals surface area (Å²) in [5.41, 5.74) is 1.26. The molecule has 0 aliphatic carbocycles. The number of hydrogen-bond acceptors (Lipinski definition) is 5. The number of carbonyl (C=O) groups excluding carboxylic acids is 3. The number of anilines is 2. The summed E-state index contributed by atoms with van der Waals surface area (Å²) in [5.74, 6) is -0.416. The molecule has 32 heavy (non-hydrogen) atoms. The molecule has 3 amide bonds. The quantitative estimate of drug-likeness (QED) is 0.728. The van der Waals surface area contributed by atoms with Crippen molar-refractivity contribution in [1.82, 2.24) is 9.80 Å². The van der Waals surface area contributed by atoms with Crippen molar-refractivity contribution in [1.29, 1.82) is 0 Å². The third-order valence-electron chi connectivity index (χ3n) is 6.00. The summed E-state index contributed by atoms with van der Waals surface area (Å²) in [6.07, 6.45) is 1.44. The number of ether oxygens (including phenoxy) is 1. The highest BCUT2D eigenvalue weighted by atomic mass is 16.5. The van der Waals surface area contributed by atoms with Gasteiger partial charge in [-0.2, -0.15) is 0 Å². The van der Waals surface area contributed by atoms with Crippen molar-refractivity contribution in [3.63, 3.8) is 0 Å². The molecule has 3 rings (SSSR count). The van der Waals surface area contributed by atoms with Gasteiger partial charge in [0.1, 0.15) is 6.04 Å². The van der Waals surface area contributed by atoms with Gasteiger partial charge in [-0.05, 0) is 44.0 Å². The molecule has 1 atom stereocenters. The number of likely N-dealkylation sites (N-methyl/N-ethyl adjacent to an activating group) is 1. The third kappa shape index (κ3) is 5.79. The number of rotatable bonds is 6. The fourth-order valence-electron chi connectivity index (χ4n) is 4.20. The maximum absolute atomic E-state index is 13.2. The van der Waals surface area contributed by atoms with Crippen molar-refractivity contribution in [2.75, 3.05) is 56.2 Å². The van der Waals surface area contributed by atoms with E-state index < -0.39 is 11.5 Å². The number of nitrogens with zero attached hydrogens (tertiary/aromatic N) is 3. The Labute approximate surface area is 190 Å². The molecule has 0 bridgehead atoms. The second kappa shape index (κ2) is 10.3. The molecular formula is C24H36N4O4. The lowest BCUT2D eigenvalue weighted by molar-refractivity contribution is -0.148. The van der Waals surface area contributed by atoms with E-state index in [0.717, 1.165) is 38.4 Å². The van der Waals surface area contributed by atoms with Gasteiger partial charge < -0.3 is 24.8 Å². The van der Waals surface area contributed by atoms with E-state index in [1.807, 2.05) is 52.0 Å². The van der Waals surface area contributed by atoms with Crippen molar-refractivity contribution in [2.45, 2.75) is 46.6 Å².